The lowest BCUT2D eigenvalue weighted by atomic mass is 10.5. The fraction of sp³-hybridized carbons (Fsp3) is 0.125. The second kappa shape index (κ2) is 6.19. The van der Waals surface area contributed by atoms with Gasteiger partial charge in [-0.25, -0.2) is 0 Å². The number of nitrogens with one attached hydrogen (secondary N) is 1. The van der Waals surface area contributed by atoms with Crippen LogP contribution < -0.4 is 5.32 Å². The number of pyridine rings is 1. The molecule has 1 aliphatic heterocycles. The summed E-state index contributed by atoms with van der Waals surface area (Å²) in [6, 6.07) is 5.72. The number of amidine groups is 1. The second-order valence-electron chi connectivity index (χ2n) is 2.07. The minimum atomic E-state index is 0.449. The number of aromatic nitrogens is 1. The highest BCUT2D eigenvalue weighted by atomic mass is 32.2. The van der Waals surface area contributed by atoms with Crippen molar-refractivity contribution in [2.24, 2.45) is 4.40 Å². The van der Waals surface area contributed by atoms with Crippen molar-refractivity contribution in [3.63, 3.8) is 0 Å². The lowest BCUT2D eigenvalue weighted by Gasteiger charge is -1.82. The molecule has 1 aromatic rings. The minimum Gasteiger partial charge on any atom is -0.356 e. The Kier molecular flexibility index (Phi) is 4.63. The molecule has 1 aromatic heterocycles. The van der Waals surface area contributed by atoms with E-state index in [1.165, 1.54) is 11.9 Å². The molecule has 1 aliphatic rings. The monoisotopic (exact) mass is 195 g/mol. The van der Waals surface area contributed by atoms with Crippen LogP contribution in [0.3, 0.4) is 0 Å². The largest absolute Gasteiger partial charge is 0.356 e. The van der Waals surface area contributed by atoms with Gasteiger partial charge in [0, 0.05) is 12.4 Å². The van der Waals surface area contributed by atoms with E-state index < -0.39 is 0 Å². The summed E-state index contributed by atoms with van der Waals surface area (Å²) >= 11 is 1.35. The summed E-state index contributed by atoms with van der Waals surface area (Å²) in [5.41, 5.74) is 0. The molecule has 1 N–H and O–H groups in total. The number of aldehydes is 1. The normalized spacial score (nSPS) is 13.4. The van der Waals surface area contributed by atoms with E-state index in [-0.39, 0.29) is 0 Å². The first-order valence-electron chi connectivity index (χ1n) is 3.67. The molecule has 0 fully saturated rings. The van der Waals surface area contributed by atoms with Crippen molar-refractivity contribution in [2.75, 3.05) is 5.88 Å². The van der Waals surface area contributed by atoms with Crippen LogP contribution in [0.25, 0.3) is 0 Å². The average molecular weight is 195 g/mol. The highest BCUT2D eigenvalue weighted by molar-refractivity contribution is 7.98. The Hall–Kier alpha value is -1.36. The van der Waals surface area contributed by atoms with Crippen LogP contribution >= 0.6 is 11.9 Å². The summed E-state index contributed by atoms with van der Waals surface area (Å²) in [6.45, 7) is 0. The number of carbonyl (C=O) groups excluding carboxylic acids is 1. The lowest BCUT2D eigenvalue weighted by Crippen LogP contribution is -2.17. The van der Waals surface area contributed by atoms with Gasteiger partial charge in [-0.3, -0.25) is 9.78 Å². The van der Waals surface area contributed by atoms with Crippen LogP contribution in [0.1, 0.15) is 0 Å². The van der Waals surface area contributed by atoms with Gasteiger partial charge >= 0.3 is 0 Å². The molecule has 0 unspecified atom stereocenters. The second-order valence-corrected chi connectivity index (χ2v) is 2.80. The molecule has 13 heavy (non-hydrogen) atoms. The maximum Gasteiger partial charge on any atom is 0.185 e. The molecular formula is C8H9N3OS. The van der Waals surface area contributed by atoms with Gasteiger partial charge in [0.05, 0.1) is 5.88 Å². The summed E-state index contributed by atoms with van der Waals surface area (Å²) in [5, 5.41) is 2.75. The van der Waals surface area contributed by atoms with Crippen LogP contribution in [0.2, 0.25) is 0 Å². The molecule has 0 atom stereocenters. The predicted octanol–water partition coefficient (Wildman–Crippen LogP) is 0.874. The maximum absolute atomic E-state index is 9.80. The van der Waals surface area contributed by atoms with E-state index >= 15 is 0 Å². The van der Waals surface area contributed by atoms with Gasteiger partial charge in [-0.2, -0.15) is 4.40 Å². The minimum absolute atomic E-state index is 0.449. The quantitative estimate of drug-likeness (QED) is 0.533. The molecule has 2 rings (SSSR count). The van der Waals surface area contributed by atoms with Crippen molar-refractivity contribution in [2.45, 2.75) is 0 Å². The standard InChI is InChI=1S/C5H5N.C3H4N2OS/c1-2-4-6-5-3-1;6-1-3-4-2-7-5-3/h1-5H;1H,2H2,(H,4,5). The van der Waals surface area contributed by atoms with E-state index in [0.717, 1.165) is 5.88 Å². The summed E-state index contributed by atoms with van der Waals surface area (Å²) in [7, 11) is 0. The predicted molar refractivity (Wildman–Crippen MR) is 53.3 cm³/mol. The van der Waals surface area contributed by atoms with Crippen LogP contribution in [0.5, 0.6) is 0 Å². The highest BCUT2D eigenvalue weighted by Crippen LogP contribution is 2.03. The van der Waals surface area contributed by atoms with E-state index in [9.17, 15) is 4.79 Å². The van der Waals surface area contributed by atoms with Crippen molar-refractivity contribution >= 4 is 24.1 Å². The summed E-state index contributed by atoms with van der Waals surface area (Å²) in [6.07, 6.45) is 4.21. The first-order valence-corrected chi connectivity index (χ1v) is 4.62. The zero-order chi connectivity index (χ0) is 9.36. The van der Waals surface area contributed by atoms with Gasteiger partial charge < -0.3 is 5.32 Å². The molecule has 0 amide bonds. The van der Waals surface area contributed by atoms with Crippen molar-refractivity contribution in [1.82, 2.24) is 10.3 Å². The molecule has 0 spiro atoms. The molecule has 0 aliphatic carbocycles. The van der Waals surface area contributed by atoms with Gasteiger partial charge in [0.1, 0.15) is 0 Å². The van der Waals surface area contributed by atoms with Crippen molar-refractivity contribution < 1.29 is 4.79 Å². The molecule has 68 valence electrons. The zero-order valence-corrected chi connectivity index (χ0v) is 7.70. The summed E-state index contributed by atoms with van der Waals surface area (Å²) in [5.74, 6) is 1.18. The summed E-state index contributed by atoms with van der Waals surface area (Å²) < 4.78 is 3.71. The smallest absolute Gasteiger partial charge is 0.185 e. The Balaban J connectivity index is 0.000000132. The van der Waals surface area contributed by atoms with Gasteiger partial charge in [-0.1, -0.05) is 6.07 Å². The van der Waals surface area contributed by atoms with E-state index in [0.29, 0.717) is 12.1 Å². The van der Waals surface area contributed by atoms with Gasteiger partial charge in [-0.15, -0.1) is 0 Å². The molecule has 4 nitrogen and oxygen atoms in total. The molecular weight excluding hydrogens is 186 g/mol. The van der Waals surface area contributed by atoms with Crippen LogP contribution in [-0.2, 0) is 4.79 Å². The Labute approximate surface area is 80.6 Å². The molecule has 5 heteroatoms. The summed E-state index contributed by atoms with van der Waals surface area (Å²) in [4.78, 5) is 13.6. The van der Waals surface area contributed by atoms with Crippen LogP contribution in [0.15, 0.2) is 35.0 Å². The molecule has 0 saturated carbocycles. The van der Waals surface area contributed by atoms with Crippen LogP contribution in [0, 0.1) is 0 Å². The highest BCUT2D eigenvalue weighted by Gasteiger charge is 2.00. The third kappa shape index (κ3) is 4.27. The third-order valence-corrected chi connectivity index (χ3v) is 1.76. The number of nitrogens with zero attached hydrogens (tertiary/aromatic N) is 2. The van der Waals surface area contributed by atoms with Crippen LogP contribution in [-0.4, -0.2) is 23.0 Å². The first kappa shape index (κ1) is 9.73. The SMILES string of the molecule is O=CC1=NSCN1.c1ccncc1. The lowest BCUT2D eigenvalue weighted by molar-refractivity contribution is -0.102. The molecule has 0 aromatic carbocycles. The topological polar surface area (TPSA) is 54.4 Å². The fourth-order valence-electron chi connectivity index (χ4n) is 0.616. The maximum atomic E-state index is 9.80. The molecule has 0 saturated heterocycles. The van der Waals surface area contributed by atoms with Gasteiger partial charge in [-0.05, 0) is 24.1 Å². The zero-order valence-electron chi connectivity index (χ0n) is 6.88. The average Bonchev–Trinajstić information content (AvgIpc) is 2.74. The van der Waals surface area contributed by atoms with Gasteiger partial charge in [0.2, 0.25) is 0 Å². The number of hydrogen-bond donors (Lipinski definition) is 1. The van der Waals surface area contributed by atoms with E-state index in [1.807, 2.05) is 18.2 Å². The third-order valence-electron chi connectivity index (χ3n) is 1.16. The van der Waals surface area contributed by atoms with Crippen LogP contribution in [0.4, 0.5) is 0 Å². The molecule has 2 heterocycles. The number of rotatable bonds is 1. The van der Waals surface area contributed by atoms with Gasteiger partial charge in [0.15, 0.2) is 12.1 Å². The van der Waals surface area contributed by atoms with Crippen molar-refractivity contribution in [3.05, 3.63) is 30.6 Å². The Morgan fingerprint density at radius 1 is 1.38 bits per heavy atom. The Bertz CT molecular complexity index is 249. The Morgan fingerprint density at radius 2 is 2.15 bits per heavy atom. The fourth-order valence-corrected chi connectivity index (χ4v) is 1.14. The number of hydrogen-bond acceptors (Lipinski definition) is 5. The first-order chi connectivity index (χ1) is 6.43. The van der Waals surface area contributed by atoms with Gasteiger partial charge in [0.25, 0.3) is 0 Å². The van der Waals surface area contributed by atoms with Crippen molar-refractivity contribution in [1.29, 1.82) is 0 Å². The van der Waals surface area contributed by atoms with E-state index in [2.05, 4.69) is 14.7 Å². The van der Waals surface area contributed by atoms with E-state index in [4.69, 9.17) is 0 Å². The van der Waals surface area contributed by atoms with E-state index in [1.54, 1.807) is 12.4 Å². The Morgan fingerprint density at radius 3 is 2.38 bits per heavy atom. The number of carbonyl (C=O) groups is 1. The van der Waals surface area contributed by atoms with Crippen molar-refractivity contribution in [3.8, 4) is 0 Å². The molecule has 0 radical (unpaired) electrons. The molecule has 0 bridgehead atoms.